The quantitative estimate of drug-likeness (QED) is 0.701. The number of carbonyl (C=O) groups excluding carboxylic acids is 1. The van der Waals surface area contributed by atoms with Gasteiger partial charge >= 0.3 is 0 Å². The lowest BCUT2D eigenvalue weighted by Crippen LogP contribution is -2.42. The molecule has 0 aromatic heterocycles. The van der Waals surface area contributed by atoms with Gasteiger partial charge in [-0.3, -0.25) is 4.79 Å². The van der Waals surface area contributed by atoms with Gasteiger partial charge in [-0.15, -0.1) is 0 Å². The average molecular weight is 285 g/mol. The molecule has 18 heavy (non-hydrogen) atoms. The summed E-state index contributed by atoms with van der Waals surface area (Å²) in [4.78, 5) is 17.1. The molecule has 1 aromatic carbocycles. The minimum absolute atomic E-state index is 0.203. The second-order valence-corrected chi connectivity index (χ2v) is 5.75. The molecule has 0 aliphatic carbocycles. The largest absolute Gasteiger partial charge is 0.337 e. The standard InChI is InChI=1S/C13H14Cl2N2O/c1-13(2,3)17(5)12(18)11-9(14)6-8(16-4)7-10(11)15/h6-7H,1-3,5H3. The van der Waals surface area contributed by atoms with E-state index in [4.69, 9.17) is 29.8 Å². The molecule has 3 nitrogen and oxygen atoms in total. The van der Waals surface area contributed by atoms with E-state index in [1.807, 2.05) is 20.8 Å². The van der Waals surface area contributed by atoms with Gasteiger partial charge in [0.05, 0.1) is 12.1 Å². The lowest BCUT2D eigenvalue weighted by Gasteiger charge is -2.32. The Morgan fingerprint density at radius 1 is 1.28 bits per heavy atom. The zero-order valence-corrected chi connectivity index (χ0v) is 12.2. The number of rotatable bonds is 1. The summed E-state index contributed by atoms with van der Waals surface area (Å²) < 4.78 is 0. The van der Waals surface area contributed by atoms with Crippen molar-refractivity contribution in [3.05, 3.63) is 39.2 Å². The van der Waals surface area contributed by atoms with Crippen LogP contribution >= 0.6 is 23.2 Å². The van der Waals surface area contributed by atoms with Crippen LogP contribution in [0.5, 0.6) is 0 Å². The first-order valence-electron chi connectivity index (χ1n) is 5.33. The first-order chi connectivity index (χ1) is 8.18. The molecule has 5 heteroatoms. The van der Waals surface area contributed by atoms with Crippen LogP contribution in [-0.4, -0.2) is 23.4 Å². The summed E-state index contributed by atoms with van der Waals surface area (Å²) in [5.41, 5.74) is 0.227. The molecule has 0 heterocycles. The van der Waals surface area contributed by atoms with Gasteiger partial charge in [0.25, 0.3) is 5.91 Å². The van der Waals surface area contributed by atoms with E-state index in [9.17, 15) is 4.79 Å². The minimum Gasteiger partial charge on any atom is -0.337 e. The SMILES string of the molecule is [C-]#[N+]c1cc(Cl)c(C(=O)N(C)C(C)(C)C)c(Cl)c1. The first kappa shape index (κ1) is 14.8. The Morgan fingerprint density at radius 3 is 2.06 bits per heavy atom. The van der Waals surface area contributed by atoms with Gasteiger partial charge in [-0.05, 0) is 32.9 Å². The summed E-state index contributed by atoms with van der Waals surface area (Å²) in [6.45, 7) is 12.7. The molecule has 0 bridgehead atoms. The molecular weight excluding hydrogens is 271 g/mol. The number of carbonyl (C=O) groups is 1. The van der Waals surface area contributed by atoms with E-state index in [2.05, 4.69) is 4.85 Å². The predicted molar refractivity (Wildman–Crippen MR) is 74.6 cm³/mol. The summed E-state index contributed by atoms with van der Waals surface area (Å²) in [6, 6.07) is 2.90. The highest BCUT2D eigenvalue weighted by molar-refractivity contribution is 6.40. The van der Waals surface area contributed by atoms with Crippen molar-refractivity contribution in [1.82, 2.24) is 4.90 Å². The van der Waals surface area contributed by atoms with Crippen molar-refractivity contribution in [3.63, 3.8) is 0 Å². The molecular formula is C13H14Cl2N2O. The highest BCUT2D eigenvalue weighted by Gasteiger charge is 2.26. The topological polar surface area (TPSA) is 24.7 Å². The van der Waals surface area contributed by atoms with E-state index in [1.54, 1.807) is 11.9 Å². The fraction of sp³-hybridized carbons (Fsp3) is 0.385. The molecule has 0 saturated carbocycles. The molecule has 1 rings (SSSR count). The molecule has 0 aliphatic rings. The Labute approximate surface area is 117 Å². The zero-order chi connectivity index (χ0) is 14.1. The first-order valence-corrected chi connectivity index (χ1v) is 6.08. The van der Waals surface area contributed by atoms with Crippen LogP contribution in [0.2, 0.25) is 10.0 Å². The van der Waals surface area contributed by atoms with Crippen LogP contribution in [0.4, 0.5) is 5.69 Å². The van der Waals surface area contributed by atoms with Crippen molar-refractivity contribution in [2.45, 2.75) is 26.3 Å². The summed E-state index contributed by atoms with van der Waals surface area (Å²) in [5, 5.41) is 0.407. The van der Waals surface area contributed by atoms with E-state index >= 15 is 0 Å². The molecule has 96 valence electrons. The van der Waals surface area contributed by atoms with E-state index in [-0.39, 0.29) is 27.1 Å². The molecule has 0 N–H and O–H groups in total. The van der Waals surface area contributed by atoms with Gasteiger partial charge < -0.3 is 4.90 Å². The van der Waals surface area contributed by atoms with Crippen molar-refractivity contribution >= 4 is 34.8 Å². The maximum Gasteiger partial charge on any atom is 0.256 e. The molecule has 1 amide bonds. The van der Waals surface area contributed by atoms with Crippen molar-refractivity contribution in [2.24, 2.45) is 0 Å². The van der Waals surface area contributed by atoms with Crippen LogP contribution in [0.3, 0.4) is 0 Å². The second kappa shape index (κ2) is 5.17. The van der Waals surface area contributed by atoms with Crippen molar-refractivity contribution < 1.29 is 4.79 Å². The summed E-state index contributed by atoms with van der Waals surface area (Å²) >= 11 is 12.1. The summed E-state index contributed by atoms with van der Waals surface area (Å²) in [5.74, 6) is -0.256. The number of hydrogen-bond donors (Lipinski definition) is 0. The van der Waals surface area contributed by atoms with Crippen LogP contribution in [0.15, 0.2) is 12.1 Å². The average Bonchev–Trinajstić information content (AvgIpc) is 2.25. The lowest BCUT2D eigenvalue weighted by atomic mass is 10.0. The van der Waals surface area contributed by atoms with Gasteiger partial charge in [0.2, 0.25) is 0 Å². The van der Waals surface area contributed by atoms with Gasteiger partial charge in [-0.25, -0.2) is 4.85 Å². The Hall–Kier alpha value is -1.24. The van der Waals surface area contributed by atoms with Gasteiger partial charge in [0, 0.05) is 22.6 Å². The zero-order valence-electron chi connectivity index (χ0n) is 10.7. The van der Waals surface area contributed by atoms with E-state index < -0.39 is 0 Å². The number of hydrogen-bond acceptors (Lipinski definition) is 1. The van der Waals surface area contributed by atoms with Gasteiger partial charge in [-0.2, -0.15) is 0 Å². The lowest BCUT2D eigenvalue weighted by molar-refractivity contribution is 0.0656. The Kier molecular flexibility index (Phi) is 4.26. The third kappa shape index (κ3) is 2.95. The van der Waals surface area contributed by atoms with Crippen molar-refractivity contribution in [3.8, 4) is 0 Å². The van der Waals surface area contributed by atoms with E-state index in [0.29, 0.717) is 5.69 Å². The highest BCUT2D eigenvalue weighted by atomic mass is 35.5. The number of amides is 1. The fourth-order valence-electron chi connectivity index (χ4n) is 1.30. The third-order valence-electron chi connectivity index (χ3n) is 2.68. The van der Waals surface area contributed by atoms with Crippen molar-refractivity contribution in [1.29, 1.82) is 0 Å². The van der Waals surface area contributed by atoms with Gasteiger partial charge in [0.15, 0.2) is 5.69 Å². The van der Waals surface area contributed by atoms with Crippen LogP contribution in [0.1, 0.15) is 31.1 Å². The molecule has 0 spiro atoms. The normalized spacial score (nSPS) is 10.9. The maximum atomic E-state index is 12.3. The molecule has 0 fully saturated rings. The Bertz CT molecular complexity index is 504. The number of benzene rings is 1. The van der Waals surface area contributed by atoms with Crippen molar-refractivity contribution in [2.75, 3.05) is 7.05 Å². The molecule has 0 aliphatic heterocycles. The maximum absolute atomic E-state index is 12.3. The van der Waals surface area contributed by atoms with Crippen LogP contribution in [0.25, 0.3) is 4.85 Å². The summed E-state index contributed by atoms with van der Waals surface area (Å²) in [7, 11) is 1.69. The molecule has 0 radical (unpaired) electrons. The minimum atomic E-state index is -0.331. The van der Waals surface area contributed by atoms with E-state index in [0.717, 1.165) is 0 Å². The molecule has 0 saturated heterocycles. The Morgan fingerprint density at radius 2 is 1.72 bits per heavy atom. The Balaban J connectivity index is 3.28. The monoisotopic (exact) mass is 284 g/mol. The summed E-state index contributed by atoms with van der Waals surface area (Å²) in [6.07, 6.45) is 0. The van der Waals surface area contributed by atoms with Gasteiger partial charge in [0.1, 0.15) is 0 Å². The number of nitrogens with zero attached hydrogens (tertiary/aromatic N) is 2. The second-order valence-electron chi connectivity index (χ2n) is 4.93. The highest BCUT2D eigenvalue weighted by Crippen LogP contribution is 2.32. The number of halogens is 2. The molecule has 0 unspecified atom stereocenters. The smallest absolute Gasteiger partial charge is 0.256 e. The van der Waals surface area contributed by atoms with Crippen LogP contribution in [0, 0.1) is 6.57 Å². The third-order valence-corrected chi connectivity index (χ3v) is 3.28. The predicted octanol–water partition coefficient (Wildman–Crippen LogP) is 4.41. The van der Waals surface area contributed by atoms with Crippen LogP contribution in [-0.2, 0) is 0 Å². The van der Waals surface area contributed by atoms with Crippen LogP contribution < -0.4 is 0 Å². The molecule has 1 aromatic rings. The van der Waals surface area contributed by atoms with Gasteiger partial charge in [-0.1, -0.05) is 23.2 Å². The fourth-order valence-corrected chi connectivity index (χ4v) is 1.94. The molecule has 0 atom stereocenters. The van der Waals surface area contributed by atoms with E-state index in [1.165, 1.54) is 12.1 Å².